The minimum atomic E-state index is -0.674. The number of benzene rings is 2. The van der Waals surface area contributed by atoms with Crippen molar-refractivity contribution >= 4 is 17.3 Å². The number of rotatable bonds is 9. The Labute approximate surface area is 184 Å². The van der Waals surface area contributed by atoms with Gasteiger partial charge in [0.05, 0.1) is 37.8 Å². The van der Waals surface area contributed by atoms with E-state index in [9.17, 15) is 4.79 Å². The zero-order valence-corrected chi connectivity index (χ0v) is 18.8. The van der Waals surface area contributed by atoms with Gasteiger partial charge in [-0.1, -0.05) is 17.7 Å². The molecule has 2 aromatic carbocycles. The van der Waals surface area contributed by atoms with Crippen molar-refractivity contribution in [3.05, 3.63) is 42.0 Å². The molecule has 1 fully saturated rings. The summed E-state index contributed by atoms with van der Waals surface area (Å²) in [5, 5.41) is 2.94. The maximum atomic E-state index is 12.8. The number of amides is 1. The van der Waals surface area contributed by atoms with E-state index < -0.39 is 6.10 Å². The summed E-state index contributed by atoms with van der Waals surface area (Å²) in [6.07, 6.45) is -0.674. The molecule has 0 aliphatic carbocycles. The summed E-state index contributed by atoms with van der Waals surface area (Å²) in [6.45, 7) is 11.5. The standard InChI is InChI=1S/C24H32N2O5/c1-5-29-22-16-21(26-11-13-28-14-12-26)23(30-6-2)15-20(22)25-24(27)18(4)31-19-9-7-17(3)8-10-19/h7-10,15-16,18H,5-6,11-14H2,1-4H3,(H,25,27). The van der Waals surface area contributed by atoms with E-state index in [1.165, 1.54) is 0 Å². The van der Waals surface area contributed by atoms with Gasteiger partial charge in [0.2, 0.25) is 0 Å². The predicted molar refractivity (Wildman–Crippen MR) is 122 cm³/mol. The van der Waals surface area contributed by atoms with Crippen molar-refractivity contribution < 1.29 is 23.7 Å². The number of carbonyl (C=O) groups is 1. The van der Waals surface area contributed by atoms with Crippen LogP contribution >= 0.6 is 0 Å². The third-order valence-electron chi connectivity index (χ3n) is 4.97. The molecule has 1 N–H and O–H groups in total. The lowest BCUT2D eigenvalue weighted by atomic mass is 10.2. The summed E-state index contributed by atoms with van der Waals surface area (Å²) < 4.78 is 23.0. The Kier molecular flexibility index (Phi) is 8.00. The average molecular weight is 429 g/mol. The normalized spacial score (nSPS) is 14.6. The van der Waals surface area contributed by atoms with E-state index >= 15 is 0 Å². The molecule has 7 heteroatoms. The van der Waals surface area contributed by atoms with E-state index in [4.69, 9.17) is 18.9 Å². The summed E-state index contributed by atoms with van der Waals surface area (Å²) in [5.74, 6) is 1.69. The van der Waals surface area contributed by atoms with Crippen LogP contribution in [0.15, 0.2) is 36.4 Å². The minimum absolute atomic E-state index is 0.261. The largest absolute Gasteiger partial charge is 0.492 e. The monoisotopic (exact) mass is 428 g/mol. The van der Waals surface area contributed by atoms with Crippen molar-refractivity contribution in [3.63, 3.8) is 0 Å². The Balaban J connectivity index is 1.81. The number of carbonyl (C=O) groups excluding carboxylic acids is 1. The van der Waals surface area contributed by atoms with Crippen LogP contribution < -0.4 is 24.4 Å². The summed E-state index contributed by atoms with van der Waals surface area (Å²) in [7, 11) is 0. The van der Waals surface area contributed by atoms with Gasteiger partial charge in [0.25, 0.3) is 5.91 Å². The van der Waals surface area contributed by atoms with Gasteiger partial charge in [-0.05, 0) is 39.8 Å². The molecule has 168 valence electrons. The number of nitrogens with zero attached hydrogens (tertiary/aromatic N) is 1. The Morgan fingerprint density at radius 1 is 1.06 bits per heavy atom. The molecule has 3 rings (SSSR count). The van der Waals surface area contributed by atoms with Crippen molar-refractivity contribution in [3.8, 4) is 17.2 Å². The number of hydrogen-bond donors (Lipinski definition) is 1. The number of aryl methyl sites for hydroxylation is 1. The molecule has 31 heavy (non-hydrogen) atoms. The summed E-state index contributed by atoms with van der Waals surface area (Å²) >= 11 is 0. The van der Waals surface area contributed by atoms with Crippen LogP contribution in [0.3, 0.4) is 0 Å². The molecule has 1 aliphatic rings. The second-order valence-electron chi connectivity index (χ2n) is 7.34. The number of nitrogens with one attached hydrogen (secondary N) is 1. The van der Waals surface area contributed by atoms with Crippen molar-refractivity contribution in [2.24, 2.45) is 0 Å². The smallest absolute Gasteiger partial charge is 0.265 e. The highest BCUT2D eigenvalue weighted by molar-refractivity contribution is 5.96. The Morgan fingerprint density at radius 3 is 2.35 bits per heavy atom. The molecular formula is C24H32N2O5. The second kappa shape index (κ2) is 10.9. The van der Waals surface area contributed by atoms with Crippen molar-refractivity contribution in [2.45, 2.75) is 33.8 Å². The molecule has 1 saturated heterocycles. The molecule has 0 saturated carbocycles. The molecule has 0 aromatic heterocycles. The van der Waals surface area contributed by atoms with Gasteiger partial charge in [0.1, 0.15) is 17.2 Å². The Bertz CT molecular complexity index is 863. The van der Waals surface area contributed by atoms with Crippen LogP contribution in [0.25, 0.3) is 0 Å². The van der Waals surface area contributed by atoms with Gasteiger partial charge in [-0.3, -0.25) is 4.79 Å². The van der Waals surface area contributed by atoms with E-state index in [0.29, 0.717) is 49.4 Å². The number of morpholine rings is 1. The third kappa shape index (κ3) is 6.04. The van der Waals surface area contributed by atoms with Crippen LogP contribution in [0.2, 0.25) is 0 Å². The highest BCUT2D eigenvalue weighted by Crippen LogP contribution is 2.39. The predicted octanol–water partition coefficient (Wildman–Crippen LogP) is 4.04. The molecule has 1 atom stereocenters. The fraction of sp³-hybridized carbons (Fsp3) is 0.458. The van der Waals surface area contributed by atoms with Gasteiger partial charge >= 0.3 is 0 Å². The van der Waals surface area contributed by atoms with Gasteiger partial charge in [-0.25, -0.2) is 0 Å². The quantitative estimate of drug-likeness (QED) is 0.650. The molecule has 1 unspecified atom stereocenters. The van der Waals surface area contributed by atoms with Gasteiger partial charge in [0, 0.05) is 25.2 Å². The second-order valence-corrected chi connectivity index (χ2v) is 7.34. The Hall–Kier alpha value is -2.93. The first-order chi connectivity index (χ1) is 15.0. The minimum Gasteiger partial charge on any atom is -0.492 e. The van der Waals surface area contributed by atoms with Crippen LogP contribution in [0.4, 0.5) is 11.4 Å². The van der Waals surface area contributed by atoms with Gasteiger partial charge in [0.15, 0.2) is 6.10 Å². The first-order valence-corrected chi connectivity index (χ1v) is 10.8. The molecule has 7 nitrogen and oxygen atoms in total. The van der Waals surface area contributed by atoms with Crippen LogP contribution in [-0.2, 0) is 9.53 Å². The van der Waals surface area contributed by atoms with Crippen LogP contribution in [0.5, 0.6) is 17.2 Å². The van der Waals surface area contributed by atoms with E-state index in [-0.39, 0.29) is 5.91 Å². The SMILES string of the molecule is CCOc1cc(N2CCOCC2)c(OCC)cc1NC(=O)C(C)Oc1ccc(C)cc1. The van der Waals surface area contributed by atoms with Gasteiger partial charge in [-0.2, -0.15) is 0 Å². The molecule has 0 bridgehead atoms. The topological polar surface area (TPSA) is 69.3 Å². The molecule has 2 aromatic rings. The zero-order chi connectivity index (χ0) is 22.2. The average Bonchev–Trinajstić information content (AvgIpc) is 2.77. The number of anilines is 2. The lowest BCUT2D eigenvalue weighted by Crippen LogP contribution is -2.36. The maximum Gasteiger partial charge on any atom is 0.265 e. The fourth-order valence-electron chi connectivity index (χ4n) is 3.35. The van der Waals surface area contributed by atoms with E-state index in [1.807, 2.05) is 57.2 Å². The maximum absolute atomic E-state index is 12.8. The molecule has 0 spiro atoms. The lowest BCUT2D eigenvalue weighted by Gasteiger charge is -2.31. The van der Waals surface area contributed by atoms with E-state index in [1.54, 1.807) is 6.92 Å². The highest BCUT2D eigenvalue weighted by Gasteiger charge is 2.22. The first-order valence-electron chi connectivity index (χ1n) is 10.8. The van der Waals surface area contributed by atoms with Gasteiger partial charge < -0.3 is 29.2 Å². The fourth-order valence-corrected chi connectivity index (χ4v) is 3.35. The molecule has 1 aliphatic heterocycles. The summed E-state index contributed by atoms with van der Waals surface area (Å²) in [5.41, 5.74) is 2.64. The first kappa shape index (κ1) is 22.7. The van der Waals surface area contributed by atoms with Crippen LogP contribution in [0, 0.1) is 6.92 Å². The molecular weight excluding hydrogens is 396 g/mol. The molecule has 0 radical (unpaired) electrons. The number of ether oxygens (including phenoxy) is 4. The third-order valence-corrected chi connectivity index (χ3v) is 4.97. The van der Waals surface area contributed by atoms with Crippen LogP contribution in [0.1, 0.15) is 26.3 Å². The molecule has 1 heterocycles. The molecule has 1 amide bonds. The van der Waals surface area contributed by atoms with Crippen molar-refractivity contribution in [1.29, 1.82) is 0 Å². The number of hydrogen-bond acceptors (Lipinski definition) is 6. The summed E-state index contributed by atoms with van der Waals surface area (Å²) in [4.78, 5) is 15.1. The van der Waals surface area contributed by atoms with Crippen molar-refractivity contribution in [1.82, 2.24) is 0 Å². The van der Waals surface area contributed by atoms with E-state index in [0.717, 1.165) is 24.3 Å². The van der Waals surface area contributed by atoms with Crippen molar-refractivity contribution in [2.75, 3.05) is 49.7 Å². The zero-order valence-electron chi connectivity index (χ0n) is 18.8. The lowest BCUT2D eigenvalue weighted by molar-refractivity contribution is -0.122. The van der Waals surface area contributed by atoms with E-state index in [2.05, 4.69) is 10.2 Å². The Morgan fingerprint density at radius 2 is 1.71 bits per heavy atom. The highest BCUT2D eigenvalue weighted by atomic mass is 16.5. The van der Waals surface area contributed by atoms with Gasteiger partial charge in [-0.15, -0.1) is 0 Å². The summed E-state index contributed by atoms with van der Waals surface area (Å²) in [6, 6.07) is 11.4. The van der Waals surface area contributed by atoms with Crippen LogP contribution in [-0.4, -0.2) is 51.5 Å².